The lowest BCUT2D eigenvalue weighted by molar-refractivity contribution is -0.0253. The van der Waals surface area contributed by atoms with E-state index >= 15 is 0 Å². The van der Waals surface area contributed by atoms with Crippen molar-refractivity contribution in [3.63, 3.8) is 0 Å². The van der Waals surface area contributed by atoms with Gasteiger partial charge in [-0.1, -0.05) is 11.6 Å². The van der Waals surface area contributed by atoms with Gasteiger partial charge in [-0.05, 0) is 59.9 Å². The maximum atomic E-state index is 12.2. The Hall–Kier alpha value is -2.59. The molecule has 0 saturated carbocycles. The Bertz CT molecular complexity index is 1090. The van der Waals surface area contributed by atoms with E-state index in [1.165, 1.54) is 12.8 Å². The number of piperidine rings is 1. The molecule has 1 amide bonds. The summed E-state index contributed by atoms with van der Waals surface area (Å²) in [4.78, 5) is 25.4. The van der Waals surface area contributed by atoms with E-state index in [4.69, 9.17) is 21.4 Å². The van der Waals surface area contributed by atoms with E-state index in [1.54, 1.807) is 11.1 Å². The molecule has 3 fully saturated rings. The largest absolute Gasteiger partial charge is 0.443 e. The summed E-state index contributed by atoms with van der Waals surface area (Å²) >= 11 is 6.34. The molecule has 10 nitrogen and oxygen atoms in total. The number of halogens is 1. The number of hydrogen-bond donors (Lipinski definition) is 2. The van der Waals surface area contributed by atoms with E-state index in [0.717, 1.165) is 37.1 Å². The van der Waals surface area contributed by atoms with Gasteiger partial charge < -0.3 is 25.2 Å². The van der Waals surface area contributed by atoms with Gasteiger partial charge in [0.25, 0.3) is 0 Å². The Labute approximate surface area is 217 Å². The summed E-state index contributed by atoms with van der Waals surface area (Å²) in [7, 11) is 2.26. The van der Waals surface area contributed by atoms with Crippen LogP contribution in [0.4, 0.5) is 22.2 Å². The Balaban J connectivity index is 1.16. The monoisotopic (exact) mass is 516 g/mol. The minimum atomic E-state index is -0.384. The van der Waals surface area contributed by atoms with E-state index in [-0.39, 0.29) is 11.7 Å². The number of nitrogens with zero attached hydrogens (tertiary/aromatic N) is 6. The summed E-state index contributed by atoms with van der Waals surface area (Å²) in [5.41, 5.74) is 1.44. The van der Waals surface area contributed by atoms with Gasteiger partial charge in [0.1, 0.15) is 16.4 Å². The predicted molar refractivity (Wildman–Crippen MR) is 140 cm³/mol. The fourth-order valence-corrected chi connectivity index (χ4v) is 5.75. The lowest BCUT2D eigenvalue weighted by Gasteiger charge is -2.36. The van der Waals surface area contributed by atoms with E-state index in [9.17, 15) is 4.79 Å². The maximum absolute atomic E-state index is 12.2. The minimum absolute atomic E-state index is 0.248. The molecule has 3 aliphatic rings. The zero-order valence-corrected chi connectivity index (χ0v) is 22.4. The molecule has 5 rings (SSSR count). The molecule has 11 heteroatoms. The van der Waals surface area contributed by atoms with E-state index in [0.29, 0.717) is 54.5 Å². The number of anilines is 3. The third-order valence-electron chi connectivity index (χ3n) is 7.86. The molecular weight excluding hydrogens is 480 g/mol. The average molecular weight is 517 g/mol. The van der Waals surface area contributed by atoms with E-state index < -0.39 is 0 Å². The van der Waals surface area contributed by atoms with Crippen LogP contribution in [0.2, 0.25) is 5.02 Å². The van der Waals surface area contributed by atoms with Gasteiger partial charge in [0.15, 0.2) is 0 Å². The average Bonchev–Trinajstić information content (AvgIpc) is 3.26. The molecule has 36 heavy (non-hydrogen) atoms. The van der Waals surface area contributed by atoms with Gasteiger partial charge in [-0.2, -0.15) is 10.1 Å². The van der Waals surface area contributed by atoms with Gasteiger partial charge in [-0.25, -0.2) is 9.78 Å². The summed E-state index contributed by atoms with van der Waals surface area (Å²) < 4.78 is 7.59. The molecule has 0 radical (unpaired) electrons. The molecule has 2 bridgehead atoms. The summed E-state index contributed by atoms with van der Waals surface area (Å²) in [6.45, 7) is 7.84. The number of amides is 1. The van der Waals surface area contributed by atoms with Crippen molar-refractivity contribution in [1.82, 2.24) is 29.5 Å². The predicted octanol–water partition coefficient (Wildman–Crippen LogP) is 4.60. The van der Waals surface area contributed by atoms with E-state index in [2.05, 4.69) is 43.4 Å². The summed E-state index contributed by atoms with van der Waals surface area (Å²) in [5, 5.41) is 11.9. The van der Waals surface area contributed by atoms with Crippen LogP contribution in [-0.4, -0.2) is 80.0 Å². The molecule has 196 valence electrons. The molecule has 2 N–H and O–H groups in total. The molecule has 0 spiro atoms. The van der Waals surface area contributed by atoms with Crippen LogP contribution in [0.25, 0.3) is 0 Å². The normalized spacial score (nSPS) is 25.6. The molecule has 0 aromatic carbocycles. The van der Waals surface area contributed by atoms with Gasteiger partial charge in [0.2, 0.25) is 5.95 Å². The second-order valence-corrected chi connectivity index (χ2v) is 11.4. The van der Waals surface area contributed by atoms with E-state index in [1.807, 2.05) is 20.8 Å². The third-order valence-corrected chi connectivity index (χ3v) is 8.13. The van der Waals surface area contributed by atoms with Gasteiger partial charge in [-0.3, -0.25) is 4.68 Å². The number of nitrogens with one attached hydrogen (secondary N) is 2. The zero-order chi connectivity index (χ0) is 25.4. The van der Waals surface area contributed by atoms with Crippen molar-refractivity contribution in [2.24, 2.45) is 0 Å². The van der Waals surface area contributed by atoms with Crippen LogP contribution in [0.3, 0.4) is 0 Å². The highest BCUT2D eigenvalue weighted by molar-refractivity contribution is 6.32. The van der Waals surface area contributed by atoms with Crippen LogP contribution >= 0.6 is 11.6 Å². The maximum Gasteiger partial charge on any atom is 0.410 e. The highest BCUT2D eigenvalue weighted by atomic mass is 35.5. The van der Waals surface area contributed by atoms with Crippen LogP contribution in [0.1, 0.15) is 64.1 Å². The Kier molecular flexibility index (Phi) is 7.00. The Morgan fingerprint density at radius 2 is 1.97 bits per heavy atom. The number of aromatic nitrogens is 4. The second kappa shape index (κ2) is 10.0. The number of rotatable bonds is 8. The number of aryl methyl sites for hydroxylation is 1. The van der Waals surface area contributed by atoms with Crippen LogP contribution in [-0.2, 0) is 4.74 Å². The molecule has 5 heterocycles. The smallest absolute Gasteiger partial charge is 0.410 e. The van der Waals surface area contributed by atoms with Gasteiger partial charge >= 0.3 is 6.09 Å². The SMILES string of the molecule is Cc1nn(C2CC3CCC(C2)N3C)cc1Nc1ncc(Cl)c(NCCCN2CCC(C)(C)OC2=O)n1. The molecule has 2 atom stereocenters. The Morgan fingerprint density at radius 1 is 1.22 bits per heavy atom. The number of hydrogen-bond acceptors (Lipinski definition) is 8. The summed E-state index contributed by atoms with van der Waals surface area (Å²) in [5.74, 6) is 1.03. The molecule has 3 saturated heterocycles. The standard InChI is InChI=1S/C25H37ClN8O2/c1-16-21(15-34(31-16)19-12-17-6-7-18(13-19)32(17)4)29-23-28-14-20(26)22(30-23)27-9-5-10-33-11-8-25(2,3)36-24(33)35/h14-15,17-19H,5-13H2,1-4H3,(H2,27,28,29,30). The van der Waals surface area contributed by atoms with Crippen molar-refractivity contribution in [2.75, 3.05) is 37.3 Å². The zero-order valence-electron chi connectivity index (χ0n) is 21.6. The van der Waals surface area contributed by atoms with Crippen LogP contribution in [0, 0.1) is 6.92 Å². The second-order valence-electron chi connectivity index (χ2n) is 10.9. The fraction of sp³-hybridized carbons (Fsp3) is 0.680. The molecule has 2 aromatic heterocycles. The number of ether oxygens (including phenoxy) is 1. The number of cyclic esters (lactones) is 1. The van der Waals surface area contributed by atoms with Crippen molar-refractivity contribution in [3.05, 3.63) is 23.1 Å². The van der Waals surface area contributed by atoms with Gasteiger partial charge in [-0.15, -0.1) is 0 Å². The van der Waals surface area contributed by atoms with Crippen molar-refractivity contribution in [2.45, 2.75) is 83.0 Å². The topological polar surface area (TPSA) is 100 Å². The number of carbonyl (C=O) groups excluding carboxylic acids is 1. The third kappa shape index (κ3) is 5.39. The van der Waals surface area contributed by atoms with Crippen molar-refractivity contribution < 1.29 is 9.53 Å². The molecular formula is C25H37ClN8O2. The van der Waals surface area contributed by atoms with Crippen LogP contribution in [0.5, 0.6) is 0 Å². The first-order valence-electron chi connectivity index (χ1n) is 13.0. The van der Waals surface area contributed by atoms with Crippen molar-refractivity contribution >= 4 is 35.1 Å². The molecule has 0 aliphatic carbocycles. The first-order valence-corrected chi connectivity index (χ1v) is 13.4. The lowest BCUT2D eigenvalue weighted by atomic mass is 9.98. The summed E-state index contributed by atoms with van der Waals surface area (Å²) in [6.07, 6.45) is 9.87. The summed E-state index contributed by atoms with van der Waals surface area (Å²) in [6, 6.07) is 1.75. The lowest BCUT2D eigenvalue weighted by Crippen LogP contribution is -2.47. The number of fused-ring (bicyclic) bond motifs is 2. The first-order chi connectivity index (χ1) is 17.2. The minimum Gasteiger partial charge on any atom is -0.443 e. The van der Waals surface area contributed by atoms with Gasteiger partial charge in [0.05, 0.1) is 23.6 Å². The fourth-order valence-electron chi connectivity index (χ4n) is 5.59. The van der Waals surface area contributed by atoms with Crippen molar-refractivity contribution in [1.29, 1.82) is 0 Å². The number of carbonyl (C=O) groups is 1. The first kappa shape index (κ1) is 25.1. The molecule has 2 unspecified atom stereocenters. The molecule has 3 aliphatic heterocycles. The van der Waals surface area contributed by atoms with Crippen LogP contribution < -0.4 is 10.6 Å². The Morgan fingerprint density at radius 3 is 2.69 bits per heavy atom. The highest BCUT2D eigenvalue weighted by Gasteiger charge is 2.39. The molecule has 2 aromatic rings. The highest BCUT2D eigenvalue weighted by Crippen LogP contribution is 2.40. The quantitative estimate of drug-likeness (QED) is 0.491. The van der Waals surface area contributed by atoms with Crippen molar-refractivity contribution in [3.8, 4) is 0 Å². The van der Waals surface area contributed by atoms with Crippen LogP contribution in [0.15, 0.2) is 12.4 Å². The van der Waals surface area contributed by atoms with Gasteiger partial charge in [0, 0.05) is 44.3 Å².